The van der Waals surface area contributed by atoms with Crippen LogP contribution in [-0.4, -0.2) is 51.3 Å². The van der Waals surface area contributed by atoms with Crippen LogP contribution in [0.3, 0.4) is 0 Å². The van der Waals surface area contributed by atoms with Crippen LogP contribution in [0.1, 0.15) is 25.7 Å². The molecule has 0 aromatic carbocycles. The molecule has 2 N–H and O–H groups in total. The first kappa shape index (κ1) is 18.5. The highest BCUT2D eigenvalue weighted by Crippen LogP contribution is 2.25. The van der Waals surface area contributed by atoms with Gasteiger partial charge in [0.1, 0.15) is 0 Å². The van der Waals surface area contributed by atoms with E-state index in [1.54, 1.807) is 24.2 Å². The van der Waals surface area contributed by atoms with Crippen LogP contribution in [0.2, 0.25) is 0 Å². The summed E-state index contributed by atoms with van der Waals surface area (Å²) in [7, 11) is 1.63. The zero-order valence-corrected chi connectivity index (χ0v) is 14.8. The number of nitrogens with zero attached hydrogens (tertiary/aromatic N) is 4. The van der Waals surface area contributed by atoms with Crippen molar-refractivity contribution in [2.24, 2.45) is 5.92 Å². The quantitative estimate of drug-likeness (QED) is 0.740. The van der Waals surface area contributed by atoms with E-state index in [2.05, 4.69) is 20.4 Å². The molecular weight excluding hydrogens is 341 g/mol. The molecule has 0 unspecified atom stereocenters. The minimum Gasteiger partial charge on any atom is -0.475 e. The zero-order valence-electron chi connectivity index (χ0n) is 14.8. The van der Waals surface area contributed by atoms with Crippen LogP contribution in [-0.2, 0) is 11.3 Å². The lowest BCUT2D eigenvalue weighted by Crippen LogP contribution is -2.23. The van der Waals surface area contributed by atoms with Crippen molar-refractivity contribution in [2.45, 2.75) is 38.3 Å². The van der Waals surface area contributed by atoms with Crippen molar-refractivity contribution in [3.63, 3.8) is 0 Å². The maximum absolute atomic E-state index is 13.9. The fourth-order valence-corrected chi connectivity index (χ4v) is 2.89. The number of aliphatic hydroxyl groups is 1. The lowest BCUT2D eigenvalue weighted by atomic mass is 9.88. The summed E-state index contributed by atoms with van der Waals surface area (Å²) in [5, 5.41) is 16.7. The molecule has 26 heavy (non-hydrogen) atoms. The standard InChI is InChI=1S/C17H24FN5O3/c1-25-7-6-23-10-13(8-20-23)21-17-19-9-15(18)16(22-17)26-11-12-2-4-14(24)5-3-12/h8-10,12,14,24H,2-7,11H2,1H3,(H,19,21,22)/t12-,14-. The van der Waals surface area contributed by atoms with Crippen molar-refractivity contribution in [3.05, 3.63) is 24.4 Å². The molecule has 0 bridgehead atoms. The molecule has 1 aliphatic rings. The van der Waals surface area contributed by atoms with Gasteiger partial charge in [0.15, 0.2) is 0 Å². The van der Waals surface area contributed by atoms with Gasteiger partial charge in [-0.3, -0.25) is 4.68 Å². The third kappa shape index (κ3) is 5.12. The third-order valence-corrected chi connectivity index (χ3v) is 4.40. The summed E-state index contributed by atoms with van der Waals surface area (Å²) in [4.78, 5) is 8.05. The average molecular weight is 365 g/mol. The molecule has 1 fully saturated rings. The number of ether oxygens (including phenoxy) is 2. The molecule has 1 aliphatic carbocycles. The Labute approximate surface area is 151 Å². The Kier molecular flexibility index (Phi) is 6.35. The van der Waals surface area contributed by atoms with Gasteiger partial charge in [-0.1, -0.05) is 0 Å². The maximum Gasteiger partial charge on any atom is 0.255 e. The van der Waals surface area contributed by atoms with E-state index in [-0.39, 0.29) is 17.9 Å². The normalized spacial score (nSPS) is 20.1. The highest BCUT2D eigenvalue weighted by Gasteiger charge is 2.20. The smallest absolute Gasteiger partial charge is 0.255 e. The number of methoxy groups -OCH3 is 1. The predicted molar refractivity (Wildman–Crippen MR) is 92.8 cm³/mol. The molecule has 142 valence electrons. The Morgan fingerprint density at radius 3 is 2.88 bits per heavy atom. The number of rotatable bonds is 8. The van der Waals surface area contributed by atoms with E-state index >= 15 is 0 Å². The molecule has 9 heteroatoms. The van der Waals surface area contributed by atoms with Gasteiger partial charge < -0.3 is 19.9 Å². The summed E-state index contributed by atoms with van der Waals surface area (Å²) in [6, 6.07) is 0. The number of anilines is 2. The number of aliphatic hydroxyl groups excluding tert-OH is 1. The molecule has 8 nitrogen and oxygen atoms in total. The Balaban J connectivity index is 1.57. The zero-order chi connectivity index (χ0) is 18.4. The SMILES string of the molecule is COCCn1cc(Nc2ncc(F)c(OC[C@H]3CC[C@H](O)CC3)n2)cn1. The summed E-state index contributed by atoms with van der Waals surface area (Å²) < 4.78 is 26.2. The first-order valence-corrected chi connectivity index (χ1v) is 8.76. The monoisotopic (exact) mass is 365 g/mol. The number of halogens is 1. The highest BCUT2D eigenvalue weighted by atomic mass is 19.1. The van der Waals surface area contributed by atoms with Crippen LogP contribution in [0.4, 0.5) is 16.0 Å². The third-order valence-electron chi connectivity index (χ3n) is 4.40. The number of hydrogen-bond acceptors (Lipinski definition) is 7. The van der Waals surface area contributed by atoms with E-state index in [0.29, 0.717) is 31.4 Å². The van der Waals surface area contributed by atoms with Crippen LogP contribution in [0.25, 0.3) is 0 Å². The lowest BCUT2D eigenvalue weighted by Gasteiger charge is -2.25. The van der Waals surface area contributed by atoms with E-state index in [4.69, 9.17) is 9.47 Å². The molecule has 2 aromatic rings. The second-order valence-electron chi connectivity index (χ2n) is 6.44. The summed E-state index contributed by atoms with van der Waals surface area (Å²) in [6.07, 6.45) is 7.57. The van der Waals surface area contributed by atoms with E-state index in [9.17, 15) is 9.50 Å². The van der Waals surface area contributed by atoms with Gasteiger partial charge in [-0.05, 0) is 31.6 Å². The molecule has 0 amide bonds. The molecule has 0 atom stereocenters. The first-order valence-electron chi connectivity index (χ1n) is 8.76. The molecule has 0 radical (unpaired) electrons. The minimum atomic E-state index is -0.595. The van der Waals surface area contributed by atoms with Gasteiger partial charge in [-0.2, -0.15) is 14.5 Å². The molecule has 0 saturated heterocycles. The van der Waals surface area contributed by atoms with Crippen LogP contribution in [0, 0.1) is 11.7 Å². The number of aromatic nitrogens is 4. The Hall–Kier alpha value is -2.26. The van der Waals surface area contributed by atoms with Crippen LogP contribution >= 0.6 is 0 Å². The van der Waals surface area contributed by atoms with Crippen molar-refractivity contribution in [2.75, 3.05) is 25.6 Å². The minimum absolute atomic E-state index is 0.0691. The second kappa shape index (κ2) is 8.91. The Bertz CT molecular complexity index is 703. The molecule has 2 aromatic heterocycles. The first-order chi connectivity index (χ1) is 12.6. The summed E-state index contributed by atoms with van der Waals surface area (Å²) in [6.45, 7) is 1.58. The van der Waals surface area contributed by atoms with Crippen molar-refractivity contribution >= 4 is 11.6 Å². The molecule has 2 heterocycles. The van der Waals surface area contributed by atoms with Gasteiger partial charge in [0.25, 0.3) is 5.88 Å². The van der Waals surface area contributed by atoms with Gasteiger partial charge in [0, 0.05) is 13.3 Å². The van der Waals surface area contributed by atoms with Gasteiger partial charge in [-0.15, -0.1) is 0 Å². The van der Waals surface area contributed by atoms with Crippen molar-refractivity contribution < 1.29 is 19.0 Å². The van der Waals surface area contributed by atoms with E-state index in [1.165, 1.54) is 0 Å². The molecule has 1 saturated carbocycles. The summed E-state index contributed by atoms with van der Waals surface area (Å²) in [5.74, 6) is -0.113. The molecule has 3 rings (SSSR count). The van der Waals surface area contributed by atoms with Gasteiger partial charge >= 0.3 is 0 Å². The van der Waals surface area contributed by atoms with Gasteiger partial charge in [0.2, 0.25) is 11.8 Å². The molecular formula is C17H24FN5O3. The van der Waals surface area contributed by atoms with Crippen LogP contribution in [0.15, 0.2) is 18.6 Å². The Morgan fingerprint density at radius 2 is 2.12 bits per heavy atom. The fourth-order valence-electron chi connectivity index (χ4n) is 2.89. The maximum atomic E-state index is 13.9. The fraction of sp³-hybridized carbons (Fsp3) is 0.588. The van der Waals surface area contributed by atoms with E-state index in [0.717, 1.165) is 31.9 Å². The topological polar surface area (TPSA) is 94.3 Å². The summed E-state index contributed by atoms with van der Waals surface area (Å²) in [5.41, 5.74) is 0.694. The molecule has 0 spiro atoms. The number of hydrogen-bond donors (Lipinski definition) is 2. The Morgan fingerprint density at radius 1 is 1.31 bits per heavy atom. The van der Waals surface area contributed by atoms with Crippen molar-refractivity contribution in [1.82, 2.24) is 19.7 Å². The van der Waals surface area contributed by atoms with Crippen molar-refractivity contribution in [3.8, 4) is 5.88 Å². The van der Waals surface area contributed by atoms with Gasteiger partial charge in [0.05, 0.1) is 43.9 Å². The van der Waals surface area contributed by atoms with Gasteiger partial charge in [-0.25, -0.2) is 4.98 Å². The molecule has 0 aliphatic heterocycles. The van der Waals surface area contributed by atoms with Crippen molar-refractivity contribution in [1.29, 1.82) is 0 Å². The van der Waals surface area contributed by atoms with E-state index in [1.807, 2.05) is 0 Å². The summed E-state index contributed by atoms with van der Waals surface area (Å²) >= 11 is 0. The van der Waals surface area contributed by atoms with Crippen LogP contribution in [0.5, 0.6) is 5.88 Å². The average Bonchev–Trinajstić information content (AvgIpc) is 3.09. The predicted octanol–water partition coefficient (Wildman–Crippen LogP) is 2.13. The highest BCUT2D eigenvalue weighted by molar-refractivity contribution is 5.50. The van der Waals surface area contributed by atoms with Crippen LogP contribution < -0.4 is 10.1 Å². The largest absolute Gasteiger partial charge is 0.475 e. The lowest BCUT2D eigenvalue weighted by molar-refractivity contribution is 0.0899. The number of nitrogens with one attached hydrogen (secondary N) is 1. The van der Waals surface area contributed by atoms with E-state index < -0.39 is 5.82 Å². The second-order valence-corrected chi connectivity index (χ2v) is 6.44.